The SMILES string of the molecule is CCCNCC(CC)(Cc1csc(C)n1)c1ccccc1. The predicted molar refractivity (Wildman–Crippen MR) is 92.1 cm³/mol. The van der Waals surface area contributed by atoms with Gasteiger partial charge in [-0.15, -0.1) is 11.3 Å². The summed E-state index contributed by atoms with van der Waals surface area (Å²) in [6.07, 6.45) is 3.29. The molecule has 1 aromatic heterocycles. The van der Waals surface area contributed by atoms with E-state index in [0.717, 1.165) is 30.9 Å². The fourth-order valence-corrected chi connectivity index (χ4v) is 3.47. The van der Waals surface area contributed by atoms with Crippen LogP contribution in [0.15, 0.2) is 35.7 Å². The van der Waals surface area contributed by atoms with E-state index in [1.165, 1.54) is 17.7 Å². The van der Waals surface area contributed by atoms with Gasteiger partial charge < -0.3 is 5.32 Å². The third-order valence-corrected chi connectivity index (χ3v) is 4.96. The molecule has 0 bridgehead atoms. The fraction of sp³-hybridized carbons (Fsp3) is 0.500. The van der Waals surface area contributed by atoms with E-state index < -0.39 is 0 Å². The van der Waals surface area contributed by atoms with Gasteiger partial charge in [-0.25, -0.2) is 4.98 Å². The van der Waals surface area contributed by atoms with Crippen molar-refractivity contribution >= 4 is 11.3 Å². The highest BCUT2D eigenvalue weighted by atomic mass is 32.1. The van der Waals surface area contributed by atoms with Crippen molar-refractivity contribution in [3.8, 4) is 0 Å². The Balaban J connectivity index is 2.27. The van der Waals surface area contributed by atoms with E-state index in [0.29, 0.717) is 0 Å². The summed E-state index contributed by atoms with van der Waals surface area (Å²) < 4.78 is 0. The largest absolute Gasteiger partial charge is 0.316 e. The van der Waals surface area contributed by atoms with E-state index in [4.69, 9.17) is 0 Å². The molecule has 21 heavy (non-hydrogen) atoms. The molecule has 1 heterocycles. The van der Waals surface area contributed by atoms with Crippen LogP contribution in [0.5, 0.6) is 0 Å². The summed E-state index contributed by atoms with van der Waals surface area (Å²) >= 11 is 1.75. The van der Waals surface area contributed by atoms with Gasteiger partial charge in [-0.1, -0.05) is 44.2 Å². The van der Waals surface area contributed by atoms with E-state index in [-0.39, 0.29) is 5.41 Å². The molecule has 2 aromatic rings. The van der Waals surface area contributed by atoms with Crippen LogP contribution in [0.3, 0.4) is 0 Å². The summed E-state index contributed by atoms with van der Waals surface area (Å²) in [4.78, 5) is 4.69. The Labute approximate surface area is 132 Å². The highest BCUT2D eigenvalue weighted by molar-refractivity contribution is 7.09. The molecule has 1 atom stereocenters. The van der Waals surface area contributed by atoms with Crippen LogP contribution in [0.4, 0.5) is 0 Å². The van der Waals surface area contributed by atoms with E-state index >= 15 is 0 Å². The van der Waals surface area contributed by atoms with Gasteiger partial charge in [0, 0.05) is 23.8 Å². The number of benzene rings is 1. The molecule has 1 N–H and O–H groups in total. The van der Waals surface area contributed by atoms with Gasteiger partial charge in [-0.05, 0) is 31.9 Å². The lowest BCUT2D eigenvalue weighted by atomic mass is 9.74. The molecule has 114 valence electrons. The molecule has 0 aliphatic rings. The number of thiazole rings is 1. The van der Waals surface area contributed by atoms with Crippen molar-refractivity contribution in [1.29, 1.82) is 0 Å². The zero-order valence-corrected chi connectivity index (χ0v) is 14.2. The van der Waals surface area contributed by atoms with E-state index in [1.54, 1.807) is 11.3 Å². The zero-order chi connectivity index (χ0) is 15.1. The third kappa shape index (κ3) is 4.14. The lowest BCUT2D eigenvalue weighted by Gasteiger charge is -2.33. The molecule has 0 saturated heterocycles. The third-order valence-electron chi connectivity index (χ3n) is 4.14. The molecule has 0 amide bonds. The number of hydrogen-bond donors (Lipinski definition) is 1. The number of nitrogens with one attached hydrogen (secondary N) is 1. The normalized spacial score (nSPS) is 14.0. The van der Waals surface area contributed by atoms with Crippen LogP contribution >= 0.6 is 11.3 Å². The Morgan fingerprint density at radius 1 is 1.19 bits per heavy atom. The van der Waals surface area contributed by atoms with Gasteiger partial charge in [0.2, 0.25) is 0 Å². The number of nitrogens with zero attached hydrogens (tertiary/aromatic N) is 1. The number of aryl methyl sites for hydroxylation is 1. The summed E-state index contributed by atoms with van der Waals surface area (Å²) in [7, 11) is 0. The van der Waals surface area contributed by atoms with Crippen molar-refractivity contribution in [2.24, 2.45) is 0 Å². The van der Waals surface area contributed by atoms with Crippen LogP contribution in [0, 0.1) is 6.92 Å². The summed E-state index contributed by atoms with van der Waals surface area (Å²) in [5, 5.41) is 7.00. The molecule has 1 aromatic carbocycles. The Bertz CT molecular complexity index is 535. The van der Waals surface area contributed by atoms with Crippen molar-refractivity contribution in [1.82, 2.24) is 10.3 Å². The monoisotopic (exact) mass is 302 g/mol. The van der Waals surface area contributed by atoms with Crippen LogP contribution < -0.4 is 5.32 Å². The number of hydrogen-bond acceptors (Lipinski definition) is 3. The molecule has 0 aliphatic heterocycles. The number of rotatable bonds is 8. The highest BCUT2D eigenvalue weighted by Gasteiger charge is 2.31. The quantitative estimate of drug-likeness (QED) is 0.734. The maximum atomic E-state index is 4.69. The molecule has 0 saturated carbocycles. The van der Waals surface area contributed by atoms with Crippen LogP contribution in [-0.2, 0) is 11.8 Å². The van der Waals surface area contributed by atoms with Gasteiger partial charge in [0.25, 0.3) is 0 Å². The van der Waals surface area contributed by atoms with Crippen LogP contribution in [0.2, 0.25) is 0 Å². The highest BCUT2D eigenvalue weighted by Crippen LogP contribution is 2.32. The second-order valence-corrected chi connectivity index (χ2v) is 6.77. The first-order valence-corrected chi connectivity index (χ1v) is 8.75. The smallest absolute Gasteiger partial charge is 0.0897 e. The zero-order valence-electron chi connectivity index (χ0n) is 13.4. The van der Waals surface area contributed by atoms with E-state index in [2.05, 4.69) is 66.8 Å². The summed E-state index contributed by atoms with van der Waals surface area (Å²) in [6.45, 7) is 8.68. The van der Waals surface area contributed by atoms with Gasteiger partial charge in [-0.2, -0.15) is 0 Å². The van der Waals surface area contributed by atoms with Crippen molar-refractivity contribution < 1.29 is 0 Å². The fourth-order valence-electron chi connectivity index (χ4n) is 2.85. The van der Waals surface area contributed by atoms with Gasteiger partial charge in [0.05, 0.1) is 10.7 Å². The van der Waals surface area contributed by atoms with Crippen LogP contribution in [0.25, 0.3) is 0 Å². The molecule has 2 rings (SSSR count). The first kappa shape index (κ1) is 16.2. The molecular weight excluding hydrogens is 276 g/mol. The molecule has 0 spiro atoms. The van der Waals surface area contributed by atoms with Gasteiger partial charge >= 0.3 is 0 Å². The van der Waals surface area contributed by atoms with Crippen molar-refractivity contribution in [3.63, 3.8) is 0 Å². The number of aromatic nitrogens is 1. The molecule has 0 aliphatic carbocycles. The van der Waals surface area contributed by atoms with Gasteiger partial charge in [0.1, 0.15) is 0 Å². The average molecular weight is 302 g/mol. The van der Waals surface area contributed by atoms with E-state index in [9.17, 15) is 0 Å². The Kier molecular flexibility index (Phi) is 5.95. The Morgan fingerprint density at radius 2 is 1.95 bits per heavy atom. The van der Waals surface area contributed by atoms with Crippen molar-refractivity contribution in [2.75, 3.05) is 13.1 Å². The summed E-state index contributed by atoms with van der Waals surface area (Å²) in [5.41, 5.74) is 2.78. The Hall–Kier alpha value is -1.19. The molecule has 0 radical (unpaired) electrons. The maximum Gasteiger partial charge on any atom is 0.0897 e. The predicted octanol–water partition coefficient (Wildman–Crippen LogP) is 4.34. The molecule has 2 nitrogen and oxygen atoms in total. The van der Waals surface area contributed by atoms with Gasteiger partial charge in [0.15, 0.2) is 0 Å². The van der Waals surface area contributed by atoms with Crippen molar-refractivity contribution in [2.45, 2.75) is 45.4 Å². The first-order valence-electron chi connectivity index (χ1n) is 7.87. The van der Waals surface area contributed by atoms with E-state index in [1.807, 2.05) is 0 Å². The molecular formula is C18H26N2S. The van der Waals surface area contributed by atoms with Gasteiger partial charge in [-0.3, -0.25) is 0 Å². The van der Waals surface area contributed by atoms with Crippen LogP contribution in [0.1, 0.15) is 43.0 Å². The first-order chi connectivity index (χ1) is 10.2. The minimum atomic E-state index is 0.136. The second kappa shape index (κ2) is 7.71. The standard InChI is InChI=1S/C18H26N2S/c1-4-11-19-14-18(5-2,16-9-7-6-8-10-16)12-17-13-21-15(3)20-17/h6-10,13,19H,4-5,11-12,14H2,1-3H3. The summed E-state index contributed by atoms with van der Waals surface area (Å²) in [5.74, 6) is 0. The van der Waals surface area contributed by atoms with Crippen LogP contribution in [-0.4, -0.2) is 18.1 Å². The minimum absolute atomic E-state index is 0.136. The minimum Gasteiger partial charge on any atom is -0.316 e. The topological polar surface area (TPSA) is 24.9 Å². The van der Waals surface area contributed by atoms with Crippen molar-refractivity contribution in [3.05, 3.63) is 52.0 Å². The Morgan fingerprint density at radius 3 is 2.52 bits per heavy atom. The lowest BCUT2D eigenvalue weighted by Crippen LogP contribution is -2.40. The molecule has 0 fully saturated rings. The molecule has 1 unspecified atom stereocenters. The summed E-state index contributed by atoms with van der Waals surface area (Å²) in [6, 6.07) is 10.9. The maximum absolute atomic E-state index is 4.69. The second-order valence-electron chi connectivity index (χ2n) is 5.71. The average Bonchev–Trinajstić information content (AvgIpc) is 2.92. The molecule has 3 heteroatoms. The lowest BCUT2D eigenvalue weighted by molar-refractivity contribution is 0.375.